The molecule has 0 atom stereocenters. The fraction of sp³-hybridized carbons (Fsp3) is 0.320. The largest absolute Gasteiger partial charge is 0.463 e. The summed E-state index contributed by atoms with van der Waals surface area (Å²) in [5, 5.41) is 1.88. The summed E-state index contributed by atoms with van der Waals surface area (Å²) in [6, 6.07) is 12.2. The standard InChI is InChI=1S/C25H28N4O3PS/c1-25(2)22(29-21-23(26)27-15-28-24(21)32-25)19-11-9-18(10-12-19)17-7-5-16(6-8-17)14-33(30,31)20-4-3-13-34-20/h3-4,9-15,17,30-31H,5-8H2,1-2H3,(H2,26,27,28)/q+1. The third-order valence-electron chi connectivity index (χ3n) is 6.44. The monoisotopic (exact) mass is 495 g/mol. The van der Waals surface area contributed by atoms with Crippen molar-refractivity contribution in [2.75, 3.05) is 5.73 Å². The van der Waals surface area contributed by atoms with Gasteiger partial charge in [0.05, 0.1) is 5.71 Å². The topological polar surface area (TPSA) is 114 Å². The van der Waals surface area contributed by atoms with Crippen LogP contribution in [0.1, 0.15) is 56.6 Å². The molecule has 1 aromatic carbocycles. The molecule has 2 aliphatic rings. The molecular weight excluding hydrogens is 467 g/mol. The average Bonchev–Trinajstić information content (AvgIpc) is 3.35. The van der Waals surface area contributed by atoms with Crippen molar-refractivity contribution in [1.82, 2.24) is 9.97 Å². The van der Waals surface area contributed by atoms with Crippen molar-refractivity contribution < 1.29 is 14.5 Å². The van der Waals surface area contributed by atoms with Gasteiger partial charge in [0.15, 0.2) is 11.5 Å². The first-order chi connectivity index (χ1) is 16.2. The number of anilines is 1. The molecule has 0 saturated heterocycles. The number of thiophene rings is 1. The molecule has 5 rings (SSSR count). The molecule has 0 bridgehead atoms. The second-order valence-electron chi connectivity index (χ2n) is 9.27. The van der Waals surface area contributed by atoms with Crippen molar-refractivity contribution in [2.24, 2.45) is 4.99 Å². The van der Waals surface area contributed by atoms with Crippen LogP contribution in [0.25, 0.3) is 0 Å². The van der Waals surface area contributed by atoms with E-state index in [1.165, 1.54) is 23.2 Å². The number of aliphatic imine (C=N–C) groups is 1. The van der Waals surface area contributed by atoms with Gasteiger partial charge in [-0.2, -0.15) is 4.98 Å². The molecule has 4 N–H and O–H groups in total. The highest BCUT2D eigenvalue weighted by Crippen LogP contribution is 2.54. The fourth-order valence-corrected chi connectivity index (χ4v) is 7.26. The molecule has 1 saturated carbocycles. The Morgan fingerprint density at radius 2 is 1.85 bits per heavy atom. The van der Waals surface area contributed by atoms with Crippen molar-refractivity contribution in [3.63, 3.8) is 0 Å². The van der Waals surface area contributed by atoms with Gasteiger partial charge < -0.3 is 10.5 Å². The minimum absolute atomic E-state index is 0.303. The molecule has 2 aromatic heterocycles. The van der Waals surface area contributed by atoms with E-state index in [9.17, 15) is 9.79 Å². The first-order valence-corrected chi connectivity index (χ1v) is 14.0. The maximum atomic E-state index is 10.5. The molecule has 1 aliphatic heterocycles. The molecule has 0 amide bonds. The van der Waals surface area contributed by atoms with Crippen LogP contribution in [0.2, 0.25) is 0 Å². The molecule has 9 heteroatoms. The molecule has 7 nitrogen and oxygen atoms in total. The number of nitrogens with two attached hydrogens (primary N) is 1. The molecule has 0 radical (unpaired) electrons. The molecule has 34 heavy (non-hydrogen) atoms. The predicted octanol–water partition coefficient (Wildman–Crippen LogP) is 5.11. The molecule has 0 spiro atoms. The van der Waals surface area contributed by atoms with Gasteiger partial charge in [-0.05, 0) is 74.1 Å². The Kier molecular flexibility index (Phi) is 6.02. The number of nitrogens with zero attached hydrogens (tertiary/aromatic N) is 3. The summed E-state index contributed by atoms with van der Waals surface area (Å²) >= 11 is 1.40. The van der Waals surface area contributed by atoms with Crippen molar-refractivity contribution in [1.29, 1.82) is 0 Å². The second kappa shape index (κ2) is 8.86. The number of fused-ring (bicyclic) bond motifs is 1. The highest BCUT2D eigenvalue weighted by molar-refractivity contribution is 7.80. The van der Waals surface area contributed by atoms with E-state index in [0.29, 0.717) is 27.9 Å². The van der Waals surface area contributed by atoms with Gasteiger partial charge in [0.25, 0.3) is 0 Å². The van der Waals surface area contributed by atoms with Crippen LogP contribution in [0, 0.1) is 0 Å². The SMILES string of the molecule is CC1(C)Oc2ncnc(N)c2N=C1c1ccc(C2CCC(=C[P+](O)(O)c3cccs3)CC2)cc1. The van der Waals surface area contributed by atoms with E-state index in [0.717, 1.165) is 42.5 Å². The van der Waals surface area contributed by atoms with E-state index in [2.05, 4.69) is 34.2 Å². The molecule has 0 unspecified atom stereocenters. The Labute approximate surface area is 203 Å². The second-order valence-corrected chi connectivity index (χ2v) is 12.6. The van der Waals surface area contributed by atoms with Crippen molar-refractivity contribution in [3.05, 3.63) is 70.6 Å². The van der Waals surface area contributed by atoms with Gasteiger partial charge in [-0.3, -0.25) is 0 Å². The predicted molar refractivity (Wildman–Crippen MR) is 138 cm³/mol. The Hall–Kier alpha value is -2.64. The highest BCUT2D eigenvalue weighted by atomic mass is 32.1. The summed E-state index contributed by atoms with van der Waals surface area (Å²) in [5.41, 5.74) is 10.0. The van der Waals surface area contributed by atoms with E-state index in [4.69, 9.17) is 15.5 Å². The van der Waals surface area contributed by atoms with Gasteiger partial charge in [-0.25, -0.2) is 19.8 Å². The smallest absolute Gasteiger partial charge is 0.336 e. The summed E-state index contributed by atoms with van der Waals surface area (Å²) < 4.78 is 6.74. The van der Waals surface area contributed by atoms with E-state index >= 15 is 0 Å². The van der Waals surface area contributed by atoms with Gasteiger partial charge in [0, 0.05) is 5.56 Å². The van der Waals surface area contributed by atoms with Gasteiger partial charge in [0.1, 0.15) is 17.7 Å². The summed E-state index contributed by atoms with van der Waals surface area (Å²) in [6.45, 7) is 3.94. The maximum Gasteiger partial charge on any atom is 0.336 e. The number of hydrogen-bond acceptors (Lipinski definition) is 8. The Morgan fingerprint density at radius 3 is 2.53 bits per heavy atom. The van der Waals surface area contributed by atoms with Gasteiger partial charge in [-0.15, -0.1) is 11.3 Å². The molecular formula is C25H28N4O3PS+. The minimum Gasteiger partial charge on any atom is -0.463 e. The van der Waals surface area contributed by atoms with Crippen LogP contribution in [0.3, 0.4) is 0 Å². The lowest BCUT2D eigenvalue weighted by Gasteiger charge is -2.32. The van der Waals surface area contributed by atoms with Crippen LogP contribution in [-0.2, 0) is 0 Å². The number of aromatic nitrogens is 2. The fourth-order valence-electron chi connectivity index (χ4n) is 4.64. The van der Waals surface area contributed by atoms with E-state index < -0.39 is 13.3 Å². The number of nitrogen functional groups attached to an aromatic ring is 1. The first kappa shape index (κ1) is 23.1. The quantitative estimate of drug-likeness (QED) is 0.434. The van der Waals surface area contributed by atoms with Crippen LogP contribution >= 0.6 is 19.1 Å². The zero-order valence-corrected chi connectivity index (χ0v) is 20.9. The summed E-state index contributed by atoms with van der Waals surface area (Å²) in [6.07, 6.45) is 5.13. The molecule has 1 fully saturated rings. The number of benzene rings is 1. The normalized spacial score (nSPS) is 19.7. The van der Waals surface area contributed by atoms with Crippen LogP contribution in [0.15, 0.2) is 64.5 Å². The lowest BCUT2D eigenvalue weighted by molar-refractivity contribution is 0.171. The Balaban J connectivity index is 1.31. The number of ether oxygens (including phenoxy) is 1. The summed E-state index contributed by atoms with van der Waals surface area (Å²) in [7, 11) is -3.16. The first-order valence-electron chi connectivity index (χ1n) is 11.3. The third-order valence-corrected chi connectivity index (χ3v) is 9.76. The summed E-state index contributed by atoms with van der Waals surface area (Å²) in [5.74, 6) is 2.88. The maximum absolute atomic E-state index is 10.5. The number of hydrogen-bond donors (Lipinski definition) is 3. The zero-order chi connectivity index (χ0) is 23.9. The molecule has 1 aliphatic carbocycles. The molecule has 3 heterocycles. The van der Waals surface area contributed by atoms with Crippen molar-refractivity contribution in [3.8, 4) is 5.88 Å². The summed E-state index contributed by atoms with van der Waals surface area (Å²) in [4.78, 5) is 34.1. The van der Waals surface area contributed by atoms with Gasteiger partial charge in [0.2, 0.25) is 10.5 Å². The average molecular weight is 496 g/mol. The number of allylic oxidation sites excluding steroid dienone is 1. The lowest BCUT2D eigenvalue weighted by atomic mass is 9.81. The minimum atomic E-state index is -3.16. The van der Waals surface area contributed by atoms with Crippen LogP contribution in [0.5, 0.6) is 5.88 Å². The van der Waals surface area contributed by atoms with Crippen molar-refractivity contribution >= 4 is 40.9 Å². The van der Waals surface area contributed by atoms with E-state index in [1.54, 1.807) is 11.9 Å². The van der Waals surface area contributed by atoms with Gasteiger partial charge >= 0.3 is 7.72 Å². The molecule has 3 aromatic rings. The van der Waals surface area contributed by atoms with E-state index in [1.807, 2.05) is 25.3 Å². The van der Waals surface area contributed by atoms with Crippen LogP contribution in [0.4, 0.5) is 11.5 Å². The third kappa shape index (κ3) is 4.51. The Bertz CT molecular complexity index is 1240. The van der Waals surface area contributed by atoms with Gasteiger partial charge in [-0.1, -0.05) is 24.3 Å². The Morgan fingerprint density at radius 1 is 1.12 bits per heavy atom. The zero-order valence-electron chi connectivity index (χ0n) is 19.2. The number of rotatable bonds is 4. The highest BCUT2D eigenvalue weighted by Gasteiger charge is 2.37. The van der Waals surface area contributed by atoms with Crippen molar-refractivity contribution in [2.45, 2.75) is 51.0 Å². The molecule has 176 valence electrons. The van der Waals surface area contributed by atoms with E-state index in [-0.39, 0.29) is 0 Å². The van der Waals surface area contributed by atoms with Crippen LogP contribution < -0.4 is 15.1 Å². The lowest BCUT2D eigenvalue weighted by Crippen LogP contribution is -2.41. The van der Waals surface area contributed by atoms with Crippen LogP contribution in [-0.4, -0.2) is 31.1 Å².